The Bertz CT molecular complexity index is 888. The van der Waals surface area contributed by atoms with E-state index in [-0.39, 0.29) is 18.2 Å². The van der Waals surface area contributed by atoms with Crippen LogP contribution in [0.3, 0.4) is 0 Å². The Labute approximate surface area is 160 Å². The molecule has 0 saturated heterocycles. The average Bonchev–Trinajstić information content (AvgIpc) is 3.29. The van der Waals surface area contributed by atoms with Gasteiger partial charge in [-0.1, -0.05) is 29.4 Å². The summed E-state index contributed by atoms with van der Waals surface area (Å²) in [6.45, 7) is 4.82. The maximum absolute atomic E-state index is 12.8. The molecule has 0 atom stereocenters. The van der Waals surface area contributed by atoms with E-state index in [1.54, 1.807) is 46.7 Å². The van der Waals surface area contributed by atoms with Crippen molar-refractivity contribution < 1.29 is 19.2 Å². The SMILES string of the molecule is CCN(CC)C(=O)CN1C(=O)/C(=N\OC(=O)c2cccs2)c2ccccc21. The molecule has 1 aromatic heterocycles. The number of nitrogens with zero attached hydrogens (tertiary/aromatic N) is 3. The fourth-order valence-corrected chi connectivity index (χ4v) is 3.44. The van der Waals surface area contributed by atoms with Gasteiger partial charge in [0.1, 0.15) is 11.4 Å². The van der Waals surface area contributed by atoms with Crippen LogP contribution in [0.15, 0.2) is 46.9 Å². The normalized spacial score (nSPS) is 14.4. The maximum atomic E-state index is 12.8. The quantitative estimate of drug-likeness (QED) is 0.565. The first-order chi connectivity index (χ1) is 13.1. The van der Waals surface area contributed by atoms with Crippen LogP contribution in [0.2, 0.25) is 0 Å². The van der Waals surface area contributed by atoms with E-state index >= 15 is 0 Å². The summed E-state index contributed by atoms with van der Waals surface area (Å²) < 4.78 is 0. The highest BCUT2D eigenvalue weighted by atomic mass is 32.1. The van der Waals surface area contributed by atoms with Crippen molar-refractivity contribution in [1.82, 2.24) is 4.90 Å². The highest BCUT2D eigenvalue weighted by Gasteiger charge is 2.36. The minimum Gasteiger partial charge on any atom is -0.342 e. The van der Waals surface area contributed by atoms with Crippen LogP contribution in [0.1, 0.15) is 29.1 Å². The van der Waals surface area contributed by atoms with Gasteiger partial charge in [0.15, 0.2) is 5.71 Å². The molecular weight excluding hydrogens is 366 g/mol. The number of likely N-dealkylation sites (N-methyl/N-ethyl adjacent to an activating group) is 1. The topological polar surface area (TPSA) is 79.3 Å². The van der Waals surface area contributed by atoms with Gasteiger partial charge in [0.25, 0.3) is 5.91 Å². The third kappa shape index (κ3) is 3.75. The summed E-state index contributed by atoms with van der Waals surface area (Å²) in [7, 11) is 0. The van der Waals surface area contributed by atoms with Crippen LogP contribution >= 0.6 is 11.3 Å². The molecule has 1 aliphatic heterocycles. The number of carbonyl (C=O) groups is 3. The largest absolute Gasteiger partial charge is 0.375 e. The van der Waals surface area contributed by atoms with E-state index < -0.39 is 11.9 Å². The van der Waals surface area contributed by atoms with E-state index in [0.29, 0.717) is 29.2 Å². The lowest BCUT2D eigenvalue weighted by Gasteiger charge is -2.23. The number of hydrogen-bond donors (Lipinski definition) is 0. The summed E-state index contributed by atoms with van der Waals surface area (Å²) >= 11 is 1.23. The van der Waals surface area contributed by atoms with Crippen molar-refractivity contribution in [1.29, 1.82) is 0 Å². The van der Waals surface area contributed by atoms with Crippen LogP contribution < -0.4 is 4.90 Å². The molecule has 8 heteroatoms. The highest BCUT2D eigenvalue weighted by Crippen LogP contribution is 2.29. The minimum absolute atomic E-state index is 0.0165. The molecule has 0 bridgehead atoms. The summed E-state index contributed by atoms with van der Waals surface area (Å²) in [5.74, 6) is -1.24. The fourth-order valence-electron chi connectivity index (χ4n) is 2.85. The Kier molecular flexibility index (Phi) is 5.66. The Morgan fingerprint density at radius 1 is 1.15 bits per heavy atom. The van der Waals surface area contributed by atoms with Gasteiger partial charge >= 0.3 is 5.97 Å². The van der Waals surface area contributed by atoms with Gasteiger partial charge in [0.2, 0.25) is 5.91 Å². The Morgan fingerprint density at radius 2 is 1.89 bits per heavy atom. The number of benzene rings is 1. The van der Waals surface area contributed by atoms with Gasteiger partial charge in [-0.2, -0.15) is 0 Å². The Hall–Kier alpha value is -3.00. The zero-order chi connectivity index (χ0) is 19.4. The van der Waals surface area contributed by atoms with Crippen LogP contribution in [-0.2, 0) is 14.4 Å². The lowest BCUT2D eigenvalue weighted by atomic mass is 10.1. The summed E-state index contributed by atoms with van der Waals surface area (Å²) in [6, 6.07) is 10.3. The molecule has 1 aliphatic rings. The molecule has 1 aromatic carbocycles. The first kappa shape index (κ1) is 18.8. The van der Waals surface area contributed by atoms with E-state index in [4.69, 9.17) is 4.84 Å². The van der Waals surface area contributed by atoms with Gasteiger partial charge < -0.3 is 9.74 Å². The van der Waals surface area contributed by atoms with Gasteiger partial charge in [-0.15, -0.1) is 11.3 Å². The number of oxime groups is 1. The molecule has 0 saturated carbocycles. The summed E-state index contributed by atoms with van der Waals surface area (Å²) in [4.78, 5) is 45.7. The highest BCUT2D eigenvalue weighted by molar-refractivity contribution is 7.11. The van der Waals surface area contributed by atoms with Gasteiger partial charge in [0, 0.05) is 18.7 Å². The first-order valence-electron chi connectivity index (χ1n) is 8.58. The monoisotopic (exact) mass is 385 g/mol. The fraction of sp³-hybridized carbons (Fsp3) is 0.263. The molecule has 27 heavy (non-hydrogen) atoms. The summed E-state index contributed by atoms with van der Waals surface area (Å²) in [5, 5.41) is 5.55. The second kappa shape index (κ2) is 8.13. The minimum atomic E-state index is -0.625. The zero-order valence-electron chi connectivity index (χ0n) is 15.0. The van der Waals surface area contributed by atoms with E-state index in [9.17, 15) is 14.4 Å². The van der Waals surface area contributed by atoms with E-state index in [0.717, 1.165) is 0 Å². The van der Waals surface area contributed by atoms with E-state index in [1.807, 2.05) is 13.8 Å². The molecule has 2 amide bonds. The molecule has 2 heterocycles. The third-order valence-electron chi connectivity index (χ3n) is 4.25. The molecule has 0 aliphatic carbocycles. The van der Waals surface area contributed by atoms with Crippen molar-refractivity contribution in [2.24, 2.45) is 5.16 Å². The number of anilines is 1. The number of rotatable bonds is 6. The smallest absolute Gasteiger partial charge is 0.342 e. The number of para-hydroxylation sites is 1. The zero-order valence-corrected chi connectivity index (χ0v) is 15.9. The molecule has 2 aromatic rings. The van der Waals surface area contributed by atoms with Crippen molar-refractivity contribution in [3.8, 4) is 0 Å². The molecule has 0 radical (unpaired) electrons. The molecule has 0 spiro atoms. The van der Waals surface area contributed by atoms with Gasteiger partial charge in [-0.05, 0) is 31.4 Å². The number of hydrogen-bond acceptors (Lipinski definition) is 6. The third-order valence-corrected chi connectivity index (χ3v) is 5.10. The predicted octanol–water partition coefficient (Wildman–Crippen LogP) is 2.52. The predicted molar refractivity (Wildman–Crippen MR) is 103 cm³/mol. The maximum Gasteiger partial charge on any atom is 0.375 e. The molecular formula is C19H19N3O4S. The molecule has 0 N–H and O–H groups in total. The van der Waals surface area contributed by atoms with Gasteiger partial charge in [0.05, 0.1) is 5.69 Å². The number of thiophene rings is 1. The molecule has 7 nitrogen and oxygen atoms in total. The average molecular weight is 385 g/mol. The number of carbonyl (C=O) groups excluding carboxylic acids is 3. The lowest BCUT2D eigenvalue weighted by Crippen LogP contribution is -2.42. The Morgan fingerprint density at radius 3 is 2.56 bits per heavy atom. The molecule has 0 fully saturated rings. The number of amides is 2. The second-order valence-corrected chi connectivity index (χ2v) is 6.72. The van der Waals surface area contributed by atoms with Crippen LogP contribution in [0.4, 0.5) is 5.69 Å². The van der Waals surface area contributed by atoms with Crippen LogP contribution in [0.5, 0.6) is 0 Å². The first-order valence-corrected chi connectivity index (χ1v) is 9.46. The van der Waals surface area contributed by atoms with Crippen molar-refractivity contribution in [2.45, 2.75) is 13.8 Å². The Balaban J connectivity index is 1.85. The molecule has 0 unspecified atom stereocenters. The molecule has 140 valence electrons. The number of fused-ring (bicyclic) bond motifs is 1. The van der Waals surface area contributed by atoms with E-state index in [1.165, 1.54) is 16.2 Å². The van der Waals surface area contributed by atoms with Gasteiger partial charge in [-0.25, -0.2) is 4.79 Å². The lowest BCUT2D eigenvalue weighted by molar-refractivity contribution is -0.130. The van der Waals surface area contributed by atoms with E-state index in [2.05, 4.69) is 5.16 Å². The second-order valence-electron chi connectivity index (χ2n) is 5.77. The standard InChI is InChI=1S/C19H19N3O4S/c1-3-21(4-2)16(23)12-22-14-9-6-5-8-13(14)17(18(22)24)20-26-19(25)15-10-7-11-27-15/h5-11H,3-4,12H2,1-2H3/b20-17-. The summed E-state index contributed by atoms with van der Waals surface area (Å²) in [5.41, 5.74) is 1.13. The van der Waals surface area contributed by atoms with Crippen molar-refractivity contribution in [3.63, 3.8) is 0 Å². The van der Waals surface area contributed by atoms with Crippen LogP contribution in [-0.4, -0.2) is 48.0 Å². The van der Waals surface area contributed by atoms with Gasteiger partial charge in [-0.3, -0.25) is 14.5 Å². The van der Waals surface area contributed by atoms with Crippen molar-refractivity contribution in [2.75, 3.05) is 24.5 Å². The summed E-state index contributed by atoms with van der Waals surface area (Å²) in [6.07, 6.45) is 0. The van der Waals surface area contributed by atoms with Crippen molar-refractivity contribution >= 4 is 40.5 Å². The van der Waals surface area contributed by atoms with Crippen LogP contribution in [0.25, 0.3) is 0 Å². The van der Waals surface area contributed by atoms with Crippen molar-refractivity contribution in [3.05, 3.63) is 52.2 Å². The van der Waals surface area contributed by atoms with Crippen LogP contribution in [0, 0.1) is 0 Å². The molecule has 3 rings (SSSR count).